The van der Waals surface area contributed by atoms with Gasteiger partial charge in [0, 0.05) is 46.0 Å². The molecule has 0 spiro atoms. The highest BCUT2D eigenvalue weighted by Gasteiger charge is 2.28. The van der Waals surface area contributed by atoms with Crippen molar-refractivity contribution in [3.05, 3.63) is 127 Å². The van der Waals surface area contributed by atoms with Crippen molar-refractivity contribution in [3.63, 3.8) is 0 Å². The SMILES string of the molecule is CC1CC=CC2=C1N(c1ccc3ccc4c(N(c5ccccc5)c5ccc(O)cc5)ccc5ccc1c3c54)CCC2. The zero-order valence-electron chi connectivity index (χ0n) is 23.2. The topological polar surface area (TPSA) is 26.7 Å². The van der Waals surface area contributed by atoms with Gasteiger partial charge >= 0.3 is 0 Å². The summed E-state index contributed by atoms with van der Waals surface area (Å²) in [5.41, 5.74) is 7.57. The first-order valence-corrected chi connectivity index (χ1v) is 14.7. The van der Waals surface area contributed by atoms with Crippen LogP contribution in [-0.2, 0) is 0 Å². The molecular formula is C38H32N2O. The molecule has 6 aromatic rings. The smallest absolute Gasteiger partial charge is 0.115 e. The predicted octanol–water partition coefficient (Wildman–Crippen LogP) is 10.2. The zero-order chi connectivity index (χ0) is 27.5. The minimum absolute atomic E-state index is 0.267. The third-order valence-corrected chi connectivity index (χ3v) is 9.00. The summed E-state index contributed by atoms with van der Waals surface area (Å²) >= 11 is 0. The Kier molecular flexibility index (Phi) is 5.53. The lowest BCUT2D eigenvalue weighted by Crippen LogP contribution is -2.33. The number of aromatic hydroxyl groups is 1. The van der Waals surface area contributed by atoms with E-state index in [9.17, 15) is 5.11 Å². The molecule has 41 heavy (non-hydrogen) atoms. The van der Waals surface area contributed by atoms with Crippen LogP contribution in [0, 0.1) is 5.92 Å². The summed E-state index contributed by atoms with van der Waals surface area (Å²) in [6, 6.07) is 36.3. The van der Waals surface area contributed by atoms with Crippen LogP contribution in [-0.4, -0.2) is 11.7 Å². The summed E-state index contributed by atoms with van der Waals surface area (Å²) in [7, 11) is 0. The average Bonchev–Trinajstić information content (AvgIpc) is 3.02. The van der Waals surface area contributed by atoms with E-state index in [2.05, 4.69) is 108 Å². The highest BCUT2D eigenvalue weighted by atomic mass is 16.3. The molecule has 0 saturated carbocycles. The van der Waals surface area contributed by atoms with Crippen LogP contribution in [0.15, 0.2) is 127 Å². The summed E-state index contributed by atoms with van der Waals surface area (Å²) in [5.74, 6) is 0.800. The number of anilines is 4. The van der Waals surface area contributed by atoms with Crippen molar-refractivity contribution in [2.24, 2.45) is 5.92 Å². The lowest BCUT2D eigenvalue weighted by Gasteiger charge is -2.38. The Bertz CT molecular complexity index is 1970. The molecule has 1 N–H and O–H groups in total. The van der Waals surface area contributed by atoms with Gasteiger partial charge in [0.05, 0.1) is 5.69 Å². The lowest BCUT2D eigenvalue weighted by molar-refractivity contribution is 0.475. The molecule has 2 aliphatic rings. The number of hydrogen-bond donors (Lipinski definition) is 1. The van der Waals surface area contributed by atoms with Crippen LogP contribution < -0.4 is 9.80 Å². The predicted molar refractivity (Wildman–Crippen MR) is 173 cm³/mol. The Morgan fingerprint density at radius 2 is 1.41 bits per heavy atom. The van der Waals surface area contributed by atoms with Crippen molar-refractivity contribution >= 4 is 55.1 Å². The lowest BCUT2D eigenvalue weighted by atomic mass is 9.86. The summed E-state index contributed by atoms with van der Waals surface area (Å²) in [5, 5.41) is 17.8. The maximum Gasteiger partial charge on any atom is 0.115 e. The van der Waals surface area contributed by atoms with Crippen LogP contribution >= 0.6 is 0 Å². The molecule has 1 aliphatic heterocycles. The van der Waals surface area contributed by atoms with Crippen molar-refractivity contribution in [1.29, 1.82) is 0 Å². The standard InChI is InChI=1S/C38H32N2O/c1-25-7-5-8-28-9-6-24-39(38(25)28)34-22-14-26-13-21-33-35(23-15-27-12-20-32(34)36(26)37(27)33)40(29-10-3-2-4-11-29)30-16-18-31(41)19-17-30/h2-5,8,10-23,25,41H,6-7,9,24H2,1H3. The van der Waals surface area contributed by atoms with Gasteiger partial charge in [-0.2, -0.15) is 0 Å². The largest absolute Gasteiger partial charge is 0.508 e. The van der Waals surface area contributed by atoms with Gasteiger partial charge in [0.2, 0.25) is 0 Å². The van der Waals surface area contributed by atoms with Crippen LogP contribution in [0.2, 0.25) is 0 Å². The van der Waals surface area contributed by atoms with Gasteiger partial charge < -0.3 is 14.9 Å². The maximum atomic E-state index is 10.0. The van der Waals surface area contributed by atoms with E-state index in [0.717, 1.165) is 30.0 Å². The number of allylic oxidation sites excluding steroid dienone is 4. The van der Waals surface area contributed by atoms with Gasteiger partial charge in [-0.15, -0.1) is 0 Å². The van der Waals surface area contributed by atoms with E-state index >= 15 is 0 Å². The van der Waals surface area contributed by atoms with Gasteiger partial charge in [-0.25, -0.2) is 0 Å². The molecule has 0 saturated heterocycles. The molecule has 3 nitrogen and oxygen atoms in total. The van der Waals surface area contributed by atoms with Gasteiger partial charge in [-0.05, 0) is 94.9 Å². The van der Waals surface area contributed by atoms with Gasteiger partial charge in [0.25, 0.3) is 0 Å². The number of nitrogens with zero attached hydrogens (tertiary/aromatic N) is 2. The normalized spacial score (nSPS) is 17.1. The van der Waals surface area contributed by atoms with Crippen LogP contribution in [0.4, 0.5) is 22.7 Å². The van der Waals surface area contributed by atoms with E-state index in [4.69, 9.17) is 0 Å². The molecule has 0 radical (unpaired) electrons. The van der Waals surface area contributed by atoms with Gasteiger partial charge in [-0.3, -0.25) is 0 Å². The van der Waals surface area contributed by atoms with Crippen molar-refractivity contribution in [3.8, 4) is 5.75 Å². The fourth-order valence-electron chi connectivity index (χ4n) is 7.18. The third kappa shape index (κ3) is 3.80. The highest BCUT2D eigenvalue weighted by molar-refractivity contribution is 6.27. The molecule has 200 valence electrons. The number of hydrogen-bond acceptors (Lipinski definition) is 3. The van der Waals surface area contributed by atoms with E-state index in [1.54, 1.807) is 12.1 Å². The maximum absolute atomic E-state index is 10.0. The van der Waals surface area contributed by atoms with E-state index in [1.807, 2.05) is 12.1 Å². The molecule has 3 heteroatoms. The Morgan fingerprint density at radius 3 is 2.22 bits per heavy atom. The van der Waals surface area contributed by atoms with E-state index in [0.29, 0.717) is 5.92 Å². The van der Waals surface area contributed by atoms with E-state index in [-0.39, 0.29) is 5.75 Å². The number of phenolic OH excluding ortho intramolecular Hbond substituents is 1. The van der Waals surface area contributed by atoms with Gasteiger partial charge in [0.15, 0.2) is 0 Å². The fourth-order valence-corrected chi connectivity index (χ4v) is 7.18. The second-order valence-corrected chi connectivity index (χ2v) is 11.5. The second kappa shape index (κ2) is 9.42. The third-order valence-electron chi connectivity index (χ3n) is 9.00. The molecule has 1 heterocycles. The van der Waals surface area contributed by atoms with Crippen LogP contribution in [0.5, 0.6) is 5.75 Å². The summed E-state index contributed by atoms with van der Waals surface area (Å²) in [6.07, 6.45) is 8.18. The molecule has 6 aromatic carbocycles. The van der Waals surface area contributed by atoms with Crippen LogP contribution in [0.1, 0.15) is 26.2 Å². The molecule has 0 amide bonds. The minimum atomic E-state index is 0.267. The Hall–Kier alpha value is -4.76. The zero-order valence-corrected chi connectivity index (χ0v) is 23.2. The van der Waals surface area contributed by atoms with Crippen molar-refractivity contribution < 1.29 is 5.11 Å². The molecule has 0 bridgehead atoms. The number of phenols is 1. The summed E-state index contributed by atoms with van der Waals surface area (Å²) in [4.78, 5) is 4.91. The molecule has 0 aromatic heterocycles. The van der Waals surface area contributed by atoms with E-state index in [1.165, 1.54) is 62.1 Å². The fraction of sp³-hybridized carbons (Fsp3) is 0.158. The monoisotopic (exact) mass is 532 g/mol. The Labute approximate surface area is 240 Å². The second-order valence-electron chi connectivity index (χ2n) is 11.5. The molecule has 1 atom stereocenters. The molecular weight excluding hydrogens is 500 g/mol. The summed E-state index contributed by atoms with van der Waals surface area (Å²) in [6.45, 7) is 3.44. The minimum Gasteiger partial charge on any atom is -0.508 e. The quantitative estimate of drug-likeness (QED) is 0.229. The molecule has 8 rings (SSSR count). The van der Waals surface area contributed by atoms with Crippen molar-refractivity contribution in [2.45, 2.75) is 26.2 Å². The molecule has 1 unspecified atom stereocenters. The van der Waals surface area contributed by atoms with E-state index < -0.39 is 0 Å². The Balaban J connectivity index is 1.38. The average molecular weight is 533 g/mol. The molecule has 1 aliphatic carbocycles. The first-order valence-electron chi connectivity index (χ1n) is 14.7. The highest BCUT2D eigenvalue weighted by Crippen LogP contribution is 2.47. The number of para-hydroxylation sites is 1. The van der Waals surface area contributed by atoms with Crippen LogP contribution in [0.25, 0.3) is 32.3 Å². The molecule has 0 fully saturated rings. The summed E-state index contributed by atoms with van der Waals surface area (Å²) < 4.78 is 0. The van der Waals surface area contributed by atoms with Crippen molar-refractivity contribution in [1.82, 2.24) is 0 Å². The van der Waals surface area contributed by atoms with Gasteiger partial charge in [0.1, 0.15) is 5.75 Å². The first-order chi connectivity index (χ1) is 20.2. The first kappa shape index (κ1) is 24.1. The van der Waals surface area contributed by atoms with Crippen LogP contribution in [0.3, 0.4) is 0 Å². The Morgan fingerprint density at radius 1 is 0.732 bits per heavy atom. The number of rotatable bonds is 4. The van der Waals surface area contributed by atoms with Gasteiger partial charge in [-0.1, -0.05) is 73.7 Å². The number of benzene rings is 6. The van der Waals surface area contributed by atoms with Crippen molar-refractivity contribution in [2.75, 3.05) is 16.3 Å².